The zero-order valence-corrected chi connectivity index (χ0v) is 20.5. The summed E-state index contributed by atoms with van der Waals surface area (Å²) in [6.07, 6.45) is 2.44. The number of nitrogens with zero attached hydrogens (tertiary/aromatic N) is 1. The molecule has 0 saturated heterocycles. The minimum Gasteiger partial charge on any atom is -0.465 e. The van der Waals surface area contributed by atoms with Crippen molar-refractivity contribution >= 4 is 34.3 Å². The second-order valence-electron chi connectivity index (χ2n) is 8.67. The zero-order valence-electron chi connectivity index (χ0n) is 19.8. The van der Waals surface area contributed by atoms with Gasteiger partial charge in [-0.25, -0.2) is 4.79 Å². The molecule has 0 unspecified atom stereocenters. The third-order valence-corrected chi connectivity index (χ3v) is 6.53. The number of benzene rings is 4. The topological polar surface area (TPSA) is 48.3 Å². The molecule has 5 aromatic rings. The Morgan fingerprint density at radius 1 is 0.806 bits per heavy atom. The number of methoxy groups -OCH3 is 1. The van der Waals surface area contributed by atoms with Crippen LogP contribution < -0.4 is 0 Å². The predicted molar refractivity (Wildman–Crippen MR) is 143 cm³/mol. The molecule has 0 radical (unpaired) electrons. The lowest BCUT2D eigenvalue weighted by molar-refractivity contribution is 0.0599. The van der Waals surface area contributed by atoms with E-state index in [9.17, 15) is 9.59 Å². The molecule has 0 N–H and O–H groups in total. The average molecular weight is 494 g/mol. The van der Waals surface area contributed by atoms with E-state index in [1.165, 1.54) is 7.11 Å². The van der Waals surface area contributed by atoms with Crippen molar-refractivity contribution in [2.75, 3.05) is 7.11 Å². The Labute approximate surface area is 214 Å². The third kappa shape index (κ3) is 4.81. The Kier molecular flexibility index (Phi) is 6.70. The Bertz CT molecular complexity index is 1560. The summed E-state index contributed by atoms with van der Waals surface area (Å²) in [4.78, 5) is 25.9. The molecule has 0 spiro atoms. The molecule has 1 aromatic heterocycles. The lowest BCUT2D eigenvalue weighted by Gasteiger charge is -2.10. The molecule has 0 atom stereocenters. The summed E-state index contributed by atoms with van der Waals surface area (Å²) in [7, 11) is 1.36. The number of hydrogen-bond acceptors (Lipinski definition) is 3. The number of aromatic nitrogens is 1. The Morgan fingerprint density at radius 2 is 1.53 bits per heavy atom. The van der Waals surface area contributed by atoms with Crippen molar-refractivity contribution in [3.8, 4) is 0 Å². The minimum absolute atomic E-state index is 0.0219. The van der Waals surface area contributed by atoms with Crippen LogP contribution in [0, 0.1) is 0 Å². The highest BCUT2D eigenvalue weighted by Gasteiger charge is 2.19. The molecule has 4 aromatic carbocycles. The van der Waals surface area contributed by atoms with Gasteiger partial charge < -0.3 is 9.30 Å². The zero-order chi connectivity index (χ0) is 25.1. The molecular weight excluding hydrogens is 470 g/mol. The van der Waals surface area contributed by atoms with Crippen LogP contribution in [0.4, 0.5) is 0 Å². The van der Waals surface area contributed by atoms with E-state index in [1.807, 2.05) is 79.0 Å². The lowest BCUT2D eigenvalue weighted by atomic mass is 9.97. The Balaban J connectivity index is 1.59. The summed E-state index contributed by atoms with van der Waals surface area (Å²) in [6.45, 7) is 0.655. The predicted octanol–water partition coefficient (Wildman–Crippen LogP) is 6.95. The van der Waals surface area contributed by atoms with Crippen LogP contribution >= 0.6 is 11.6 Å². The normalized spacial score (nSPS) is 10.9. The molecule has 178 valence electrons. The van der Waals surface area contributed by atoms with Crippen molar-refractivity contribution in [2.24, 2.45) is 0 Å². The van der Waals surface area contributed by atoms with Crippen LogP contribution in [-0.2, 0) is 17.7 Å². The van der Waals surface area contributed by atoms with Crippen LogP contribution in [0.25, 0.3) is 10.9 Å². The molecule has 0 bridgehead atoms. The molecular formula is C31H24ClNO3. The molecule has 1 heterocycles. The average Bonchev–Trinajstić information content (AvgIpc) is 3.27. The number of halogens is 1. The maximum absolute atomic E-state index is 13.5. The summed E-state index contributed by atoms with van der Waals surface area (Å²) in [5.74, 6) is -0.450. The standard InChI is InChI=1S/C31H24ClNO3/c1-36-31(35)26-18-25(32)14-13-24(26)16-22-12-15-29-27(17-22)28(30(34)23-10-6-3-7-11-23)20-33(29)19-21-8-4-2-5-9-21/h2-15,17-18,20H,16,19H2,1H3. The smallest absolute Gasteiger partial charge is 0.338 e. The number of ether oxygens (including phenoxy) is 1. The van der Waals surface area contributed by atoms with Gasteiger partial charge in [-0.3, -0.25) is 4.79 Å². The van der Waals surface area contributed by atoms with Gasteiger partial charge in [0.15, 0.2) is 5.78 Å². The van der Waals surface area contributed by atoms with Crippen LogP contribution in [0.3, 0.4) is 0 Å². The number of esters is 1. The van der Waals surface area contributed by atoms with Crippen molar-refractivity contribution in [2.45, 2.75) is 13.0 Å². The molecule has 0 fully saturated rings. The minimum atomic E-state index is -0.428. The van der Waals surface area contributed by atoms with Gasteiger partial charge in [0.05, 0.1) is 12.7 Å². The van der Waals surface area contributed by atoms with Crippen LogP contribution in [0.15, 0.2) is 103 Å². The molecule has 0 aliphatic rings. The van der Waals surface area contributed by atoms with Gasteiger partial charge in [-0.05, 0) is 47.4 Å². The Morgan fingerprint density at radius 3 is 2.25 bits per heavy atom. The molecule has 0 aliphatic heterocycles. The molecule has 4 nitrogen and oxygen atoms in total. The van der Waals surface area contributed by atoms with Crippen molar-refractivity contribution in [3.63, 3.8) is 0 Å². The van der Waals surface area contributed by atoms with E-state index in [0.717, 1.165) is 27.6 Å². The van der Waals surface area contributed by atoms with E-state index in [1.54, 1.807) is 12.1 Å². The summed E-state index contributed by atoms with van der Waals surface area (Å²) < 4.78 is 7.07. The lowest BCUT2D eigenvalue weighted by Crippen LogP contribution is -2.06. The van der Waals surface area contributed by atoms with Crippen LogP contribution in [0.1, 0.15) is 43.0 Å². The second kappa shape index (κ2) is 10.2. The molecule has 0 aliphatic carbocycles. The number of rotatable bonds is 7. The number of carbonyl (C=O) groups excluding carboxylic acids is 2. The first-order valence-corrected chi connectivity index (χ1v) is 12.0. The number of fused-ring (bicyclic) bond motifs is 1. The van der Waals surface area contributed by atoms with E-state index >= 15 is 0 Å². The van der Waals surface area contributed by atoms with Gasteiger partial charge in [0.1, 0.15) is 0 Å². The summed E-state index contributed by atoms with van der Waals surface area (Å²) in [5.41, 5.74) is 5.66. The largest absolute Gasteiger partial charge is 0.465 e. The van der Waals surface area contributed by atoms with Gasteiger partial charge in [0.25, 0.3) is 0 Å². The van der Waals surface area contributed by atoms with E-state index in [0.29, 0.717) is 34.7 Å². The summed E-state index contributed by atoms with van der Waals surface area (Å²) in [6, 6.07) is 30.9. The first kappa shape index (κ1) is 23.6. The van der Waals surface area contributed by atoms with Gasteiger partial charge >= 0.3 is 5.97 Å². The van der Waals surface area contributed by atoms with Crippen molar-refractivity contribution < 1.29 is 14.3 Å². The van der Waals surface area contributed by atoms with Gasteiger partial charge in [-0.15, -0.1) is 0 Å². The molecule has 0 amide bonds. The first-order chi connectivity index (χ1) is 17.5. The van der Waals surface area contributed by atoms with Crippen LogP contribution in [0.5, 0.6) is 0 Å². The fraction of sp³-hybridized carbons (Fsp3) is 0.0968. The molecule has 5 heteroatoms. The monoisotopic (exact) mass is 493 g/mol. The van der Waals surface area contributed by atoms with E-state index in [-0.39, 0.29) is 5.78 Å². The number of hydrogen-bond donors (Lipinski definition) is 0. The fourth-order valence-corrected chi connectivity index (χ4v) is 4.69. The summed E-state index contributed by atoms with van der Waals surface area (Å²) >= 11 is 6.13. The third-order valence-electron chi connectivity index (χ3n) is 6.29. The summed E-state index contributed by atoms with van der Waals surface area (Å²) in [5, 5.41) is 1.36. The van der Waals surface area contributed by atoms with Crippen LogP contribution in [-0.4, -0.2) is 23.4 Å². The maximum Gasteiger partial charge on any atom is 0.338 e. The van der Waals surface area contributed by atoms with E-state index < -0.39 is 5.97 Å². The van der Waals surface area contributed by atoms with Crippen molar-refractivity contribution in [1.82, 2.24) is 4.57 Å². The second-order valence-corrected chi connectivity index (χ2v) is 9.11. The van der Waals surface area contributed by atoms with Gasteiger partial charge in [-0.2, -0.15) is 0 Å². The van der Waals surface area contributed by atoms with Gasteiger partial charge in [-0.1, -0.05) is 84.4 Å². The highest BCUT2D eigenvalue weighted by Crippen LogP contribution is 2.28. The van der Waals surface area contributed by atoms with E-state index in [2.05, 4.69) is 16.7 Å². The van der Waals surface area contributed by atoms with Gasteiger partial charge in [0, 0.05) is 39.8 Å². The molecule has 36 heavy (non-hydrogen) atoms. The molecule has 5 rings (SSSR count). The highest BCUT2D eigenvalue weighted by molar-refractivity contribution is 6.31. The maximum atomic E-state index is 13.5. The SMILES string of the molecule is COC(=O)c1cc(Cl)ccc1Cc1ccc2c(c1)c(C(=O)c1ccccc1)cn2Cc1ccccc1. The Hall–Kier alpha value is -4.15. The first-order valence-electron chi connectivity index (χ1n) is 11.7. The van der Waals surface area contributed by atoms with Gasteiger partial charge in [0.2, 0.25) is 0 Å². The van der Waals surface area contributed by atoms with Crippen molar-refractivity contribution in [1.29, 1.82) is 0 Å². The van der Waals surface area contributed by atoms with Crippen molar-refractivity contribution in [3.05, 3.63) is 142 Å². The number of ketones is 1. The highest BCUT2D eigenvalue weighted by atomic mass is 35.5. The van der Waals surface area contributed by atoms with E-state index in [4.69, 9.17) is 16.3 Å². The number of carbonyl (C=O) groups is 2. The quantitative estimate of drug-likeness (QED) is 0.182. The van der Waals surface area contributed by atoms with Crippen LogP contribution in [0.2, 0.25) is 5.02 Å². The molecule has 0 saturated carbocycles. The fourth-order valence-electron chi connectivity index (χ4n) is 4.51.